The number of amides is 1. The van der Waals surface area contributed by atoms with E-state index in [4.69, 9.17) is 10.2 Å². The lowest BCUT2D eigenvalue weighted by Crippen LogP contribution is -2.32. The van der Waals surface area contributed by atoms with Crippen molar-refractivity contribution in [2.75, 3.05) is 18.9 Å². The summed E-state index contributed by atoms with van der Waals surface area (Å²) in [5, 5.41) is 13.1. The van der Waals surface area contributed by atoms with Gasteiger partial charge in [0, 0.05) is 18.0 Å². The molecule has 1 saturated carbocycles. The van der Waals surface area contributed by atoms with Crippen LogP contribution in [0.15, 0.2) is 65.6 Å². The highest BCUT2D eigenvalue weighted by Crippen LogP contribution is 2.35. The molecule has 1 fully saturated rings. The minimum atomic E-state index is -3.79. The van der Waals surface area contributed by atoms with Gasteiger partial charge in [-0.1, -0.05) is 43.2 Å². The number of carbonyl (C=O) groups is 1. The summed E-state index contributed by atoms with van der Waals surface area (Å²) in [6, 6.07) is 18.1. The number of anilines is 1. The third kappa shape index (κ3) is 5.55. The molecule has 9 heteroatoms. The zero-order valence-corrected chi connectivity index (χ0v) is 20.3. The number of sulfonamides is 1. The molecule has 0 bridgehead atoms. The number of aromatic nitrogens is 2. The first-order valence-electron chi connectivity index (χ1n) is 11.5. The summed E-state index contributed by atoms with van der Waals surface area (Å²) in [4.78, 5) is 14.9. The molecule has 0 spiro atoms. The van der Waals surface area contributed by atoms with Crippen molar-refractivity contribution >= 4 is 21.7 Å². The number of nitrogens with two attached hydrogens (primary N) is 1. The Bertz CT molecular complexity index is 1250. The molecule has 1 atom stereocenters. The monoisotopic (exact) mass is 481 g/mol. The van der Waals surface area contributed by atoms with E-state index < -0.39 is 10.0 Å². The van der Waals surface area contributed by atoms with Gasteiger partial charge in [-0.25, -0.2) is 18.2 Å². The van der Waals surface area contributed by atoms with Crippen LogP contribution in [0.25, 0.3) is 5.69 Å². The van der Waals surface area contributed by atoms with E-state index in [1.165, 1.54) is 18.9 Å². The molecule has 180 valence electrons. The van der Waals surface area contributed by atoms with Gasteiger partial charge in [-0.15, -0.1) is 0 Å². The van der Waals surface area contributed by atoms with E-state index in [9.17, 15) is 13.2 Å². The van der Waals surface area contributed by atoms with E-state index in [-0.39, 0.29) is 23.4 Å². The molecule has 0 unspecified atom stereocenters. The Morgan fingerprint density at radius 1 is 1.15 bits per heavy atom. The molecular weight excluding hydrogens is 450 g/mol. The van der Waals surface area contributed by atoms with Crippen molar-refractivity contribution in [3.8, 4) is 5.69 Å². The Hall–Kier alpha value is -3.01. The molecule has 1 heterocycles. The smallest absolute Gasteiger partial charge is 0.239 e. The molecule has 2 aromatic carbocycles. The molecule has 3 aromatic rings. The van der Waals surface area contributed by atoms with E-state index >= 15 is 0 Å². The highest BCUT2D eigenvalue weighted by Gasteiger charge is 2.23. The Balaban J connectivity index is 1.50. The van der Waals surface area contributed by atoms with Crippen molar-refractivity contribution in [2.45, 2.75) is 49.5 Å². The van der Waals surface area contributed by atoms with E-state index in [2.05, 4.69) is 5.32 Å². The zero-order valence-electron chi connectivity index (χ0n) is 19.5. The molecule has 1 aliphatic carbocycles. The van der Waals surface area contributed by atoms with Gasteiger partial charge >= 0.3 is 0 Å². The normalized spacial score (nSPS) is 15.5. The first kappa shape index (κ1) is 24.1. The van der Waals surface area contributed by atoms with Crippen LogP contribution < -0.4 is 10.5 Å². The number of likely N-dealkylation sites (N-methyl/N-ethyl adjacent to an activating group) is 1. The highest BCUT2D eigenvalue weighted by atomic mass is 32.2. The standard InChI is InChI=1S/C25H31N5O3S/c1-18(20-11-8-14-22(15-20)34(26,32)33)29(2)17-25(31)27-24-16-23(19-9-6-7-10-19)28-30(24)21-12-4-3-5-13-21/h3-5,8,11-16,18-19H,6-7,9-10,17H2,1-2H3,(H,27,31)(H2,26,32,33)/t18-/m0/s1. The third-order valence-corrected chi connectivity index (χ3v) is 7.40. The quantitative estimate of drug-likeness (QED) is 0.508. The molecule has 1 amide bonds. The molecule has 0 radical (unpaired) electrons. The Kier molecular flexibility index (Phi) is 7.16. The number of carbonyl (C=O) groups excluding carboxylic acids is 1. The van der Waals surface area contributed by atoms with Crippen molar-refractivity contribution in [2.24, 2.45) is 5.14 Å². The summed E-state index contributed by atoms with van der Waals surface area (Å²) in [5.74, 6) is 0.900. The van der Waals surface area contributed by atoms with Crippen LogP contribution in [0.2, 0.25) is 0 Å². The molecule has 1 aromatic heterocycles. The van der Waals surface area contributed by atoms with Crippen LogP contribution in [0, 0.1) is 0 Å². The molecule has 0 aliphatic heterocycles. The fourth-order valence-electron chi connectivity index (χ4n) is 4.43. The van der Waals surface area contributed by atoms with Gasteiger partial charge in [-0.3, -0.25) is 9.69 Å². The summed E-state index contributed by atoms with van der Waals surface area (Å²) in [5.41, 5.74) is 2.67. The summed E-state index contributed by atoms with van der Waals surface area (Å²) in [7, 11) is -1.97. The summed E-state index contributed by atoms with van der Waals surface area (Å²) in [6.45, 7) is 2.04. The van der Waals surface area contributed by atoms with Crippen LogP contribution in [-0.2, 0) is 14.8 Å². The van der Waals surface area contributed by atoms with Crippen LogP contribution >= 0.6 is 0 Å². The zero-order chi connectivity index (χ0) is 24.3. The van der Waals surface area contributed by atoms with Crippen molar-refractivity contribution in [1.82, 2.24) is 14.7 Å². The molecule has 34 heavy (non-hydrogen) atoms. The average Bonchev–Trinajstić information content (AvgIpc) is 3.49. The Labute approximate surface area is 200 Å². The van der Waals surface area contributed by atoms with Crippen LogP contribution in [0.3, 0.4) is 0 Å². The second-order valence-corrected chi connectivity index (χ2v) is 10.5. The van der Waals surface area contributed by atoms with Crippen molar-refractivity contribution in [3.05, 3.63) is 71.9 Å². The van der Waals surface area contributed by atoms with Crippen molar-refractivity contribution in [1.29, 1.82) is 0 Å². The van der Waals surface area contributed by atoms with Crippen molar-refractivity contribution < 1.29 is 13.2 Å². The maximum atomic E-state index is 13.0. The van der Waals surface area contributed by atoms with Gasteiger partial charge < -0.3 is 5.32 Å². The molecule has 4 rings (SSSR count). The van der Waals surface area contributed by atoms with Crippen LogP contribution in [0.5, 0.6) is 0 Å². The minimum Gasteiger partial charge on any atom is -0.309 e. The van der Waals surface area contributed by atoms with Gasteiger partial charge in [0.1, 0.15) is 5.82 Å². The molecule has 3 N–H and O–H groups in total. The first-order chi connectivity index (χ1) is 16.2. The number of benzene rings is 2. The SMILES string of the molecule is C[C@@H](c1cccc(S(N)(=O)=O)c1)N(C)CC(=O)Nc1cc(C2CCCC2)nn1-c1ccccc1. The van der Waals surface area contributed by atoms with Gasteiger partial charge in [0.15, 0.2) is 0 Å². The number of hydrogen-bond acceptors (Lipinski definition) is 5. The van der Waals surface area contributed by atoms with E-state index in [0.717, 1.165) is 29.8 Å². The lowest BCUT2D eigenvalue weighted by Gasteiger charge is -2.24. The molecule has 8 nitrogen and oxygen atoms in total. The summed E-state index contributed by atoms with van der Waals surface area (Å²) in [6.07, 6.45) is 4.66. The summed E-state index contributed by atoms with van der Waals surface area (Å²) < 4.78 is 25.2. The summed E-state index contributed by atoms with van der Waals surface area (Å²) >= 11 is 0. The second kappa shape index (κ2) is 10.1. The minimum absolute atomic E-state index is 0.0564. The number of primary sulfonamides is 1. The fraction of sp³-hybridized carbons (Fsp3) is 0.360. The van der Waals surface area contributed by atoms with E-state index in [1.807, 2.05) is 61.3 Å². The lowest BCUT2D eigenvalue weighted by atomic mass is 10.0. The van der Waals surface area contributed by atoms with Crippen LogP contribution in [0.4, 0.5) is 5.82 Å². The van der Waals surface area contributed by atoms with E-state index in [1.54, 1.807) is 16.8 Å². The Morgan fingerprint density at radius 2 is 1.85 bits per heavy atom. The molecular formula is C25H31N5O3S. The largest absolute Gasteiger partial charge is 0.309 e. The number of hydrogen-bond donors (Lipinski definition) is 2. The van der Waals surface area contributed by atoms with Gasteiger partial charge in [0.05, 0.1) is 22.8 Å². The van der Waals surface area contributed by atoms with Crippen LogP contribution in [0.1, 0.15) is 55.8 Å². The van der Waals surface area contributed by atoms with Gasteiger partial charge in [0.25, 0.3) is 0 Å². The fourth-order valence-corrected chi connectivity index (χ4v) is 5.00. The number of rotatable bonds is 8. The maximum Gasteiger partial charge on any atom is 0.239 e. The number of para-hydroxylation sites is 1. The average molecular weight is 482 g/mol. The molecule has 1 aliphatic rings. The predicted octanol–water partition coefficient (Wildman–Crippen LogP) is 3.81. The van der Waals surface area contributed by atoms with Gasteiger partial charge in [0.2, 0.25) is 15.9 Å². The van der Waals surface area contributed by atoms with Gasteiger partial charge in [-0.2, -0.15) is 5.10 Å². The number of nitrogens with one attached hydrogen (secondary N) is 1. The topological polar surface area (TPSA) is 110 Å². The number of nitrogens with zero attached hydrogens (tertiary/aromatic N) is 3. The van der Waals surface area contributed by atoms with Gasteiger partial charge in [-0.05, 0) is 56.6 Å². The van der Waals surface area contributed by atoms with E-state index in [0.29, 0.717) is 11.7 Å². The highest BCUT2D eigenvalue weighted by molar-refractivity contribution is 7.89. The third-order valence-electron chi connectivity index (χ3n) is 6.49. The predicted molar refractivity (Wildman–Crippen MR) is 132 cm³/mol. The first-order valence-corrected chi connectivity index (χ1v) is 13.1. The van der Waals surface area contributed by atoms with Crippen molar-refractivity contribution in [3.63, 3.8) is 0 Å². The maximum absolute atomic E-state index is 13.0. The molecule has 0 saturated heterocycles. The second-order valence-electron chi connectivity index (χ2n) is 8.94. The Morgan fingerprint density at radius 3 is 2.53 bits per heavy atom. The van der Waals surface area contributed by atoms with Crippen LogP contribution in [-0.4, -0.2) is 42.6 Å². The lowest BCUT2D eigenvalue weighted by molar-refractivity contribution is -0.117.